The summed E-state index contributed by atoms with van der Waals surface area (Å²) in [5, 5.41) is 4.86. The van der Waals surface area contributed by atoms with Gasteiger partial charge in [-0.15, -0.1) is 13.2 Å². The molecule has 1 N–H and O–H groups in total. The van der Waals surface area contributed by atoms with Crippen LogP contribution in [0.15, 0.2) is 55.8 Å². The van der Waals surface area contributed by atoms with Crippen LogP contribution in [-0.4, -0.2) is 17.6 Å². The van der Waals surface area contributed by atoms with Gasteiger partial charge in [-0.3, -0.25) is 4.98 Å². The molecule has 0 aliphatic heterocycles. The van der Waals surface area contributed by atoms with Crippen molar-refractivity contribution in [3.05, 3.63) is 66.9 Å². The predicted octanol–water partition coefficient (Wildman–Crippen LogP) is 4.61. The quantitative estimate of drug-likeness (QED) is 0.754. The van der Waals surface area contributed by atoms with Crippen molar-refractivity contribution in [2.45, 2.75) is 32.7 Å². The predicted molar refractivity (Wildman–Crippen MR) is 96.2 cm³/mol. The highest BCUT2D eigenvalue weighted by Crippen LogP contribution is 2.27. The highest BCUT2D eigenvalue weighted by Gasteiger charge is 2.17. The van der Waals surface area contributed by atoms with Gasteiger partial charge in [0, 0.05) is 30.1 Å². The lowest BCUT2D eigenvalue weighted by molar-refractivity contribution is 0.469. The summed E-state index contributed by atoms with van der Waals surface area (Å²) in [6.07, 6.45) is 5.78. The maximum Gasteiger partial charge on any atom is 0.0705 e. The van der Waals surface area contributed by atoms with Gasteiger partial charge in [0.2, 0.25) is 0 Å². The summed E-state index contributed by atoms with van der Waals surface area (Å²) in [5.41, 5.74) is 3.69. The van der Waals surface area contributed by atoms with Crippen molar-refractivity contribution in [1.29, 1.82) is 0 Å². The Balaban J connectivity index is 2.21. The molecule has 0 amide bonds. The molecule has 0 saturated carbocycles. The molecular weight excluding hydrogens is 268 g/mol. The fraction of sp³-hybridized carbons (Fsp3) is 0.350. The average Bonchev–Trinajstić information content (AvgIpc) is 2.54. The first-order valence-electron chi connectivity index (χ1n) is 7.90. The smallest absolute Gasteiger partial charge is 0.0705 e. The third kappa shape index (κ3) is 3.63. The fourth-order valence-electron chi connectivity index (χ4n) is 2.71. The Labute approximate surface area is 134 Å². The normalized spacial score (nSPS) is 14.0. The minimum Gasteiger partial charge on any atom is -0.313 e. The third-order valence-electron chi connectivity index (χ3n) is 4.45. The van der Waals surface area contributed by atoms with E-state index < -0.39 is 0 Å². The van der Waals surface area contributed by atoms with Gasteiger partial charge in [-0.1, -0.05) is 30.7 Å². The van der Waals surface area contributed by atoms with Gasteiger partial charge < -0.3 is 5.32 Å². The molecule has 0 fully saturated rings. The van der Waals surface area contributed by atoms with Gasteiger partial charge in [0.25, 0.3) is 0 Å². The van der Waals surface area contributed by atoms with Crippen LogP contribution in [0.25, 0.3) is 10.9 Å². The maximum atomic E-state index is 4.48. The van der Waals surface area contributed by atoms with E-state index in [-0.39, 0.29) is 0 Å². The fourth-order valence-corrected chi connectivity index (χ4v) is 2.71. The Morgan fingerprint density at radius 2 is 1.91 bits per heavy atom. The lowest BCUT2D eigenvalue weighted by Crippen LogP contribution is -2.34. The van der Waals surface area contributed by atoms with Gasteiger partial charge in [-0.05, 0) is 43.5 Å². The second kappa shape index (κ2) is 7.37. The molecule has 2 heteroatoms. The largest absolute Gasteiger partial charge is 0.313 e. The van der Waals surface area contributed by atoms with E-state index in [1.54, 1.807) is 0 Å². The number of fused-ring (bicyclic) bond motifs is 1. The Morgan fingerprint density at radius 1 is 1.18 bits per heavy atom. The topological polar surface area (TPSA) is 24.9 Å². The summed E-state index contributed by atoms with van der Waals surface area (Å²) < 4.78 is 0. The van der Waals surface area contributed by atoms with Crippen LogP contribution in [0.1, 0.15) is 30.9 Å². The summed E-state index contributed by atoms with van der Waals surface area (Å²) in [6, 6.07) is 8.96. The van der Waals surface area contributed by atoms with Crippen molar-refractivity contribution < 1.29 is 0 Å². The van der Waals surface area contributed by atoms with E-state index in [1.807, 2.05) is 18.3 Å². The van der Waals surface area contributed by atoms with Crippen LogP contribution in [0.2, 0.25) is 0 Å². The number of benzene rings is 1. The van der Waals surface area contributed by atoms with E-state index in [2.05, 4.69) is 68.5 Å². The van der Waals surface area contributed by atoms with Crippen LogP contribution in [-0.2, 0) is 0 Å². The summed E-state index contributed by atoms with van der Waals surface area (Å²) in [4.78, 5) is 4.48. The van der Waals surface area contributed by atoms with Gasteiger partial charge >= 0.3 is 0 Å². The third-order valence-corrected chi connectivity index (χ3v) is 4.45. The molecule has 0 aliphatic rings. The second-order valence-corrected chi connectivity index (χ2v) is 6.04. The summed E-state index contributed by atoms with van der Waals surface area (Å²) >= 11 is 0. The summed E-state index contributed by atoms with van der Waals surface area (Å²) in [7, 11) is 0. The standard InChI is InChI=1S/C20H26N2/c1-6-17(7-2)13-22-16(5)15(4)18-10-11-21-20-9-8-14(3)12-19(18)20/h6-12,15-17,22H,1-2,13H2,3-5H3. The number of nitrogens with zero attached hydrogens (tertiary/aromatic N) is 1. The highest BCUT2D eigenvalue weighted by atomic mass is 14.9. The second-order valence-electron chi connectivity index (χ2n) is 6.04. The lowest BCUT2D eigenvalue weighted by Gasteiger charge is -2.24. The Morgan fingerprint density at radius 3 is 2.59 bits per heavy atom. The van der Waals surface area contributed by atoms with Crippen molar-refractivity contribution in [3.63, 3.8) is 0 Å². The number of rotatable bonds is 7. The first-order valence-corrected chi connectivity index (χ1v) is 7.90. The summed E-state index contributed by atoms with van der Waals surface area (Å²) in [5.74, 6) is 0.716. The van der Waals surface area contributed by atoms with E-state index >= 15 is 0 Å². The van der Waals surface area contributed by atoms with Gasteiger partial charge in [0.05, 0.1) is 5.52 Å². The van der Waals surface area contributed by atoms with E-state index in [0.717, 1.165) is 12.1 Å². The van der Waals surface area contributed by atoms with Gasteiger partial charge in [-0.2, -0.15) is 0 Å². The number of hydrogen-bond donors (Lipinski definition) is 1. The first kappa shape index (κ1) is 16.4. The Bertz CT molecular complexity index is 652. The molecule has 2 rings (SSSR count). The van der Waals surface area contributed by atoms with Gasteiger partial charge in [-0.25, -0.2) is 0 Å². The van der Waals surface area contributed by atoms with Crippen LogP contribution >= 0.6 is 0 Å². The number of aromatic nitrogens is 1. The number of pyridine rings is 1. The number of nitrogens with one attached hydrogen (secondary N) is 1. The number of hydrogen-bond acceptors (Lipinski definition) is 2. The molecule has 2 atom stereocenters. The van der Waals surface area contributed by atoms with Crippen molar-refractivity contribution in [3.8, 4) is 0 Å². The molecule has 0 radical (unpaired) electrons. The molecule has 0 spiro atoms. The lowest BCUT2D eigenvalue weighted by atomic mass is 9.91. The van der Waals surface area contributed by atoms with Crippen molar-refractivity contribution in [2.24, 2.45) is 5.92 Å². The highest BCUT2D eigenvalue weighted by molar-refractivity contribution is 5.83. The zero-order chi connectivity index (χ0) is 16.1. The SMILES string of the molecule is C=CC(C=C)CNC(C)C(C)c1ccnc2ccc(C)cc12. The number of aryl methyl sites for hydroxylation is 1. The zero-order valence-corrected chi connectivity index (χ0v) is 13.8. The molecule has 0 aliphatic carbocycles. The molecular formula is C20H26N2. The van der Waals surface area contributed by atoms with Crippen LogP contribution < -0.4 is 5.32 Å². The molecule has 1 aromatic carbocycles. The molecule has 0 saturated heterocycles. The van der Waals surface area contributed by atoms with Gasteiger partial charge in [0.15, 0.2) is 0 Å². The van der Waals surface area contributed by atoms with Crippen molar-refractivity contribution in [2.75, 3.05) is 6.54 Å². The molecule has 1 heterocycles. The Kier molecular flexibility index (Phi) is 5.51. The van der Waals surface area contributed by atoms with Gasteiger partial charge in [0.1, 0.15) is 0 Å². The van der Waals surface area contributed by atoms with Crippen molar-refractivity contribution in [1.82, 2.24) is 10.3 Å². The van der Waals surface area contributed by atoms with E-state index in [4.69, 9.17) is 0 Å². The van der Waals surface area contributed by atoms with Crippen molar-refractivity contribution >= 4 is 10.9 Å². The first-order chi connectivity index (χ1) is 10.6. The maximum absolute atomic E-state index is 4.48. The minimum atomic E-state index is 0.311. The van der Waals surface area contributed by atoms with Crippen LogP contribution in [0.5, 0.6) is 0 Å². The average molecular weight is 294 g/mol. The molecule has 2 unspecified atom stereocenters. The molecule has 116 valence electrons. The Hall–Kier alpha value is -1.93. The van der Waals surface area contributed by atoms with E-state index in [9.17, 15) is 0 Å². The molecule has 1 aromatic heterocycles. The molecule has 2 nitrogen and oxygen atoms in total. The zero-order valence-electron chi connectivity index (χ0n) is 13.8. The molecule has 2 aromatic rings. The monoisotopic (exact) mass is 294 g/mol. The van der Waals surface area contributed by atoms with Crippen LogP contribution in [0.3, 0.4) is 0 Å². The molecule has 22 heavy (non-hydrogen) atoms. The minimum absolute atomic E-state index is 0.311. The van der Waals surface area contributed by atoms with E-state index in [0.29, 0.717) is 17.9 Å². The van der Waals surface area contributed by atoms with Crippen LogP contribution in [0.4, 0.5) is 0 Å². The van der Waals surface area contributed by atoms with Crippen LogP contribution in [0, 0.1) is 12.8 Å². The molecule has 0 bridgehead atoms. The summed E-state index contributed by atoms with van der Waals surface area (Å²) in [6.45, 7) is 15.2. The van der Waals surface area contributed by atoms with E-state index in [1.165, 1.54) is 16.5 Å².